The third-order valence-electron chi connectivity index (χ3n) is 12.0. The van der Waals surface area contributed by atoms with Crippen LogP contribution in [0, 0.1) is 11.8 Å². The number of carbonyl (C=O) groups excluding carboxylic acids is 9. The van der Waals surface area contributed by atoms with E-state index in [1.165, 1.54) is 12.5 Å². The average Bonchev–Trinajstić information content (AvgIpc) is 3.87. The lowest BCUT2D eigenvalue weighted by atomic mass is 9.97. The summed E-state index contributed by atoms with van der Waals surface area (Å²) in [5.74, 6) is -11.0. The van der Waals surface area contributed by atoms with Gasteiger partial charge >= 0.3 is 11.9 Å². The van der Waals surface area contributed by atoms with Gasteiger partial charge in [0.25, 0.3) is 0 Å². The van der Waals surface area contributed by atoms with Crippen LogP contribution in [0.2, 0.25) is 0 Å². The molecule has 21 N–H and O–H groups in total. The maximum Gasteiger partial charge on any atom is 0.326 e. The van der Waals surface area contributed by atoms with Gasteiger partial charge in [-0.1, -0.05) is 34.1 Å². The van der Waals surface area contributed by atoms with Crippen LogP contribution >= 0.6 is 0 Å². The number of nitrogens with one attached hydrogen (secondary N) is 9. The molecule has 0 spiro atoms. The summed E-state index contributed by atoms with van der Waals surface area (Å²) in [5, 5.41) is 39.0. The Hall–Kier alpha value is -6.78. The Balaban J connectivity index is 3.50. The Kier molecular flexibility index (Phi) is 32.0. The lowest BCUT2D eigenvalue weighted by Gasteiger charge is -2.28. The standard InChI is InChI=1S/C47H83N15O13/c1-5-27(4)39(52)46(73)62-33(20-26(2)3)44(71)59-31(15-16-38(65)66)43(70)58-29(12-6-9-17-48)41(68)57-30(13-7-10-18-49)42(69)60-34(21-28-23-53-25-55-28)45(72)61-35(22-36(51)63)40(67)54-24-37(64)56-32(47(74)75)14-8-11-19-50/h23,25-27,29-35,39H,5-22,24,48-50,52H2,1-4H3,(H2,51,63)(H,53,55)(H,54,67)(H,56,64)(H,57,68)(H,58,70)(H,59,71)(H,60,69)(H,61,72)(H,62,73)(H,65,66)(H,74,75)/t27-,29-,30-,31-,32-,33-,34-,35-,39-/m0/s1. The second-order valence-electron chi connectivity index (χ2n) is 18.8. The van der Waals surface area contributed by atoms with E-state index in [9.17, 15) is 63.0 Å². The fraction of sp³-hybridized carbons (Fsp3) is 0.702. The van der Waals surface area contributed by atoms with Gasteiger partial charge in [-0.25, -0.2) is 9.78 Å². The molecule has 0 radical (unpaired) electrons. The van der Waals surface area contributed by atoms with E-state index in [2.05, 4.69) is 52.5 Å². The molecule has 9 atom stereocenters. The number of imidazole rings is 1. The molecule has 0 unspecified atom stereocenters. The van der Waals surface area contributed by atoms with E-state index in [4.69, 9.17) is 28.7 Å². The minimum absolute atomic E-state index is 0.0319. The number of nitrogens with two attached hydrogens (primary N) is 5. The third kappa shape index (κ3) is 26.8. The van der Waals surface area contributed by atoms with Gasteiger partial charge in [0.2, 0.25) is 53.2 Å². The molecular weight excluding hydrogens is 983 g/mol. The molecule has 0 aliphatic heterocycles. The molecule has 28 nitrogen and oxygen atoms in total. The molecule has 0 fully saturated rings. The van der Waals surface area contributed by atoms with Crippen LogP contribution in [0.15, 0.2) is 12.5 Å². The maximum absolute atomic E-state index is 14.3. The van der Waals surface area contributed by atoms with Crippen molar-refractivity contribution in [3.63, 3.8) is 0 Å². The van der Waals surface area contributed by atoms with Crippen LogP contribution in [0.5, 0.6) is 0 Å². The predicted molar refractivity (Wildman–Crippen MR) is 273 cm³/mol. The smallest absolute Gasteiger partial charge is 0.326 e. The SMILES string of the molecule is CC[C@H](C)[C@H](N)C(=O)N[C@@H](CC(C)C)C(=O)N[C@@H](CCC(=O)O)C(=O)N[C@@H](CCCCN)C(=O)N[C@@H](CCCCN)C(=O)N[C@@H](Cc1cnc[nH]1)C(=O)N[C@@H](CC(N)=O)C(=O)NCC(=O)N[C@@H](CCCCN)C(=O)O. The normalized spacial score (nSPS) is 14.7. The van der Waals surface area contributed by atoms with Crippen LogP contribution in [0.4, 0.5) is 0 Å². The van der Waals surface area contributed by atoms with E-state index in [1.807, 2.05) is 20.8 Å². The molecule has 28 heteroatoms. The number of carbonyl (C=O) groups is 11. The minimum Gasteiger partial charge on any atom is -0.481 e. The summed E-state index contributed by atoms with van der Waals surface area (Å²) >= 11 is 0. The molecule has 0 aromatic carbocycles. The number of hydrogen-bond donors (Lipinski definition) is 16. The summed E-state index contributed by atoms with van der Waals surface area (Å²) in [4.78, 5) is 152. The topological polar surface area (TPSA) is 483 Å². The number of hydrogen-bond acceptors (Lipinski definition) is 16. The number of carboxylic acid groups (broad SMARTS) is 2. The quantitative estimate of drug-likeness (QED) is 0.0279. The molecule has 0 bridgehead atoms. The van der Waals surface area contributed by atoms with Gasteiger partial charge in [0.1, 0.15) is 42.3 Å². The van der Waals surface area contributed by atoms with E-state index >= 15 is 0 Å². The number of amides is 9. The maximum atomic E-state index is 14.3. The van der Waals surface area contributed by atoms with E-state index in [0.717, 1.165) is 0 Å². The number of unbranched alkanes of at least 4 members (excludes halogenated alkanes) is 3. The van der Waals surface area contributed by atoms with Crippen molar-refractivity contribution in [1.82, 2.24) is 52.5 Å². The highest BCUT2D eigenvalue weighted by Crippen LogP contribution is 2.12. The number of primary amides is 1. The highest BCUT2D eigenvalue weighted by Gasteiger charge is 2.35. The summed E-state index contributed by atoms with van der Waals surface area (Å²) in [5.41, 5.74) is 28.8. The van der Waals surface area contributed by atoms with Gasteiger partial charge in [-0.3, -0.25) is 47.9 Å². The van der Waals surface area contributed by atoms with Crippen molar-refractivity contribution >= 4 is 65.1 Å². The Bertz CT molecular complexity index is 2010. The number of aromatic amines is 1. The van der Waals surface area contributed by atoms with Gasteiger partial charge in [-0.15, -0.1) is 0 Å². The monoisotopic (exact) mass is 1070 g/mol. The number of aromatic nitrogens is 2. The molecule has 0 saturated heterocycles. The first-order chi connectivity index (χ1) is 35.5. The Morgan fingerprint density at radius 1 is 0.587 bits per heavy atom. The van der Waals surface area contributed by atoms with Crippen LogP contribution < -0.4 is 71.2 Å². The summed E-state index contributed by atoms with van der Waals surface area (Å²) in [6.45, 7) is 7.23. The van der Waals surface area contributed by atoms with Gasteiger partial charge in [0.15, 0.2) is 0 Å². The summed E-state index contributed by atoms with van der Waals surface area (Å²) in [6.07, 6.45) is 3.62. The van der Waals surface area contributed by atoms with E-state index < -0.39 is 139 Å². The molecule has 0 aliphatic carbocycles. The lowest BCUT2D eigenvalue weighted by Crippen LogP contribution is -2.60. The summed E-state index contributed by atoms with van der Waals surface area (Å²) in [7, 11) is 0. The van der Waals surface area contributed by atoms with Crippen LogP contribution in [0.3, 0.4) is 0 Å². The summed E-state index contributed by atoms with van der Waals surface area (Å²) in [6, 6.07) is -10.9. The van der Waals surface area contributed by atoms with E-state index in [0.29, 0.717) is 50.8 Å². The number of aliphatic carboxylic acids is 2. The van der Waals surface area contributed by atoms with Crippen molar-refractivity contribution < 1.29 is 63.0 Å². The zero-order valence-electron chi connectivity index (χ0n) is 43.6. The molecule has 1 heterocycles. The van der Waals surface area contributed by atoms with Gasteiger partial charge in [0.05, 0.1) is 25.3 Å². The van der Waals surface area contributed by atoms with Gasteiger partial charge in [0, 0.05) is 24.7 Å². The van der Waals surface area contributed by atoms with Crippen LogP contribution in [0.1, 0.15) is 123 Å². The lowest BCUT2D eigenvalue weighted by molar-refractivity contribution is -0.142. The van der Waals surface area contributed by atoms with Crippen molar-refractivity contribution in [3.05, 3.63) is 18.2 Å². The zero-order chi connectivity index (χ0) is 56.6. The summed E-state index contributed by atoms with van der Waals surface area (Å²) < 4.78 is 0. The van der Waals surface area contributed by atoms with Gasteiger partial charge < -0.3 is 86.4 Å². The van der Waals surface area contributed by atoms with Gasteiger partial charge in [-0.2, -0.15) is 0 Å². The minimum atomic E-state index is -1.70. The molecular formula is C47H83N15O13. The van der Waals surface area contributed by atoms with Crippen molar-refractivity contribution in [1.29, 1.82) is 0 Å². The number of carboxylic acids is 2. The van der Waals surface area contributed by atoms with E-state index in [-0.39, 0.29) is 63.5 Å². The molecule has 424 valence electrons. The van der Waals surface area contributed by atoms with Gasteiger partial charge in [-0.05, 0) is 102 Å². The number of H-pyrrole nitrogens is 1. The molecule has 1 rings (SSSR count). The highest BCUT2D eigenvalue weighted by molar-refractivity contribution is 5.98. The Morgan fingerprint density at radius 2 is 1.04 bits per heavy atom. The first-order valence-electron chi connectivity index (χ1n) is 25.4. The molecule has 75 heavy (non-hydrogen) atoms. The zero-order valence-corrected chi connectivity index (χ0v) is 43.6. The molecule has 0 saturated carbocycles. The second kappa shape index (κ2) is 36.2. The Morgan fingerprint density at radius 3 is 1.48 bits per heavy atom. The van der Waals surface area contributed by atoms with Crippen LogP contribution in [-0.2, 0) is 59.2 Å². The molecule has 1 aromatic heterocycles. The first-order valence-corrected chi connectivity index (χ1v) is 25.4. The number of rotatable bonds is 40. The molecule has 1 aromatic rings. The van der Waals surface area contributed by atoms with Crippen molar-refractivity contribution in [3.8, 4) is 0 Å². The van der Waals surface area contributed by atoms with Crippen molar-refractivity contribution in [2.75, 3.05) is 26.2 Å². The van der Waals surface area contributed by atoms with Crippen molar-refractivity contribution in [2.45, 2.75) is 172 Å². The average molecular weight is 1070 g/mol. The molecule has 9 amide bonds. The molecule has 0 aliphatic rings. The number of nitrogens with zero attached hydrogens (tertiary/aromatic N) is 1. The highest BCUT2D eigenvalue weighted by atomic mass is 16.4. The van der Waals surface area contributed by atoms with E-state index in [1.54, 1.807) is 6.92 Å². The van der Waals surface area contributed by atoms with Crippen LogP contribution in [-0.4, -0.2) is 160 Å². The fourth-order valence-electron chi connectivity index (χ4n) is 7.43. The predicted octanol–water partition coefficient (Wildman–Crippen LogP) is -3.91. The second-order valence-corrected chi connectivity index (χ2v) is 18.8. The van der Waals surface area contributed by atoms with Crippen LogP contribution in [0.25, 0.3) is 0 Å². The largest absolute Gasteiger partial charge is 0.481 e. The third-order valence-corrected chi connectivity index (χ3v) is 12.0. The first kappa shape index (κ1) is 66.2. The fourth-order valence-corrected chi connectivity index (χ4v) is 7.43. The Labute approximate surface area is 436 Å². The van der Waals surface area contributed by atoms with Crippen molar-refractivity contribution in [2.24, 2.45) is 40.5 Å².